The molecule has 0 fully saturated rings. The quantitative estimate of drug-likeness (QED) is 0.790. The molecule has 0 aliphatic heterocycles. The molecule has 0 amide bonds. The fraction of sp³-hybridized carbons (Fsp3) is 0.571. The third-order valence-corrected chi connectivity index (χ3v) is 2.43. The lowest BCUT2D eigenvalue weighted by molar-refractivity contribution is 0.0794. The molecule has 1 aromatic carbocycles. The smallest absolute Gasteiger partial charge is 0.134 e. The summed E-state index contributed by atoms with van der Waals surface area (Å²) in [6.45, 7) is 7.69. The van der Waals surface area contributed by atoms with Crippen LogP contribution in [0.1, 0.15) is 19.4 Å². The Bertz CT molecular complexity index is 309. The van der Waals surface area contributed by atoms with Crippen molar-refractivity contribution in [3.8, 4) is 5.75 Å². The normalized spacial score (nSPS) is 12.8. The molecule has 1 rings (SSSR count). The Morgan fingerprint density at radius 2 is 1.82 bits per heavy atom. The second-order valence-electron chi connectivity index (χ2n) is 4.57. The van der Waals surface area contributed by atoms with Crippen molar-refractivity contribution in [3.05, 3.63) is 29.8 Å². The van der Waals surface area contributed by atoms with Crippen molar-refractivity contribution in [1.82, 2.24) is 5.32 Å². The zero-order valence-electron chi connectivity index (χ0n) is 11.2. The molecular weight excluding hydrogens is 214 g/mol. The second kappa shape index (κ2) is 7.30. The van der Waals surface area contributed by atoms with Gasteiger partial charge in [0.05, 0.1) is 6.61 Å². The van der Waals surface area contributed by atoms with E-state index in [1.165, 1.54) is 5.56 Å². The maximum Gasteiger partial charge on any atom is 0.134 e. The maximum absolute atomic E-state index is 5.87. The summed E-state index contributed by atoms with van der Waals surface area (Å²) >= 11 is 0. The van der Waals surface area contributed by atoms with Crippen molar-refractivity contribution in [2.45, 2.75) is 32.9 Å². The van der Waals surface area contributed by atoms with Crippen molar-refractivity contribution in [3.63, 3.8) is 0 Å². The summed E-state index contributed by atoms with van der Waals surface area (Å²) in [5.41, 5.74) is 1.24. The highest BCUT2D eigenvalue weighted by Crippen LogP contribution is 2.13. The Hall–Kier alpha value is -1.06. The number of ether oxygens (including phenoxy) is 2. The molecule has 1 aromatic rings. The summed E-state index contributed by atoms with van der Waals surface area (Å²) in [4.78, 5) is 0. The molecule has 0 bridgehead atoms. The molecule has 3 heteroatoms. The van der Waals surface area contributed by atoms with Gasteiger partial charge in [0.1, 0.15) is 11.9 Å². The van der Waals surface area contributed by atoms with Crippen molar-refractivity contribution in [1.29, 1.82) is 0 Å². The second-order valence-corrected chi connectivity index (χ2v) is 4.57. The molecule has 1 unspecified atom stereocenters. The predicted octanol–water partition coefficient (Wildman–Crippen LogP) is 2.39. The number of benzene rings is 1. The van der Waals surface area contributed by atoms with Crippen LogP contribution < -0.4 is 10.1 Å². The Balaban J connectivity index is 2.50. The number of hydrogen-bond donors (Lipinski definition) is 1. The van der Waals surface area contributed by atoms with Gasteiger partial charge in [-0.1, -0.05) is 31.5 Å². The van der Waals surface area contributed by atoms with Crippen LogP contribution in [0.25, 0.3) is 0 Å². The molecule has 3 nitrogen and oxygen atoms in total. The third-order valence-electron chi connectivity index (χ3n) is 2.43. The zero-order valence-corrected chi connectivity index (χ0v) is 11.2. The summed E-state index contributed by atoms with van der Waals surface area (Å²) in [7, 11) is 1.70. The largest absolute Gasteiger partial charge is 0.487 e. The Labute approximate surface area is 104 Å². The van der Waals surface area contributed by atoms with Crippen LogP contribution in [0, 0.1) is 6.92 Å². The molecule has 0 aromatic heterocycles. The molecule has 0 aliphatic carbocycles. The average Bonchev–Trinajstić information content (AvgIpc) is 2.29. The number of hydrogen-bond acceptors (Lipinski definition) is 3. The standard InChI is InChI=1S/C14H23NO2/c1-11(2)15-9-14(10-16-4)17-13-7-5-12(3)6-8-13/h5-8,11,14-15H,9-10H2,1-4H3. The first kappa shape index (κ1) is 14.0. The maximum atomic E-state index is 5.87. The molecule has 1 atom stereocenters. The van der Waals surface area contributed by atoms with Crippen LogP contribution >= 0.6 is 0 Å². The van der Waals surface area contributed by atoms with E-state index in [0.29, 0.717) is 12.6 Å². The van der Waals surface area contributed by atoms with Gasteiger partial charge in [-0.05, 0) is 19.1 Å². The lowest BCUT2D eigenvalue weighted by Crippen LogP contribution is -2.37. The van der Waals surface area contributed by atoms with E-state index in [0.717, 1.165) is 12.3 Å². The monoisotopic (exact) mass is 237 g/mol. The third kappa shape index (κ3) is 5.71. The number of rotatable bonds is 7. The van der Waals surface area contributed by atoms with E-state index in [9.17, 15) is 0 Å². The zero-order chi connectivity index (χ0) is 12.7. The highest BCUT2D eigenvalue weighted by atomic mass is 16.5. The number of aryl methyl sites for hydroxylation is 1. The minimum Gasteiger partial charge on any atom is -0.487 e. The van der Waals surface area contributed by atoms with Gasteiger partial charge in [0.2, 0.25) is 0 Å². The lowest BCUT2D eigenvalue weighted by atomic mass is 10.2. The van der Waals surface area contributed by atoms with Crippen LogP contribution in [0.5, 0.6) is 5.75 Å². The highest BCUT2D eigenvalue weighted by Gasteiger charge is 2.10. The predicted molar refractivity (Wildman–Crippen MR) is 70.6 cm³/mol. The summed E-state index contributed by atoms with van der Waals surface area (Å²) in [6, 6.07) is 8.54. The van der Waals surface area contributed by atoms with E-state index in [1.807, 2.05) is 12.1 Å². The van der Waals surface area contributed by atoms with E-state index >= 15 is 0 Å². The molecule has 0 radical (unpaired) electrons. The summed E-state index contributed by atoms with van der Waals surface area (Å²) in [6.07, 6.45) is 0.0464. The van der Waals surface area contributed by atoms with Crippen LogP contribution in [0.2, 0.25) is 0 Å². The van der Waals surface area contributed by atoms with E-state index in [1.54, 1.807) is 7.11 Å². The fourth-order valence-electron chi connectivity index (χ4n) is 1.50. The van der Waals surface area contributed by atoms with Crippen LogP contribution in [-0.4, -0.2) is 32.4 Å². The summed E-state index contributed by atoms with van der Waals surface area (Å²) in [5.74, 6) is 0.892. The van der Waals surface area contributed by atoms with Crippen LogP contribution in [0.15, 0.2) is 24.3 Å². The molecule has 0 saturated heterocycles. The van der Waals surface area contributed by atoms with Gasteiger partial charge in [0, 0.05) is 19.7 Å². The van der Waals surface area contributed by atoms with Gasteiger partial charge in [0.25, 0.3) is 0 Å². The first-order chi connectivity index (χ1) is 8.11. The topological polar surface area (TPSA) is 30.5 Å². The minimum absolute atomic E-state index is 0.0464. The van der Waals surface area contributed by atoms with E-state index in [-0.39, 0.29) is 6.10 Å². The summed E-state index contributed by atoms with van der Waals surface area (Å²) < 4.78 is 11.0. The van der Waals surface area contributed by atoms with Gasteiger partial charge >= 0.3 is 0 Å². The van der Waals surface area contributed by atoms with Gasteiger partial charge in [-0.15, -0.1) is 0 Å². The SMILES string of the molecule is COCC(CNC(C)C)Oc1ccc(C)cc1. The van der Waals surface area contributed by atoms with Gasteiger partial charge < -0.3 is 14.8 Å². The molecule has 96 valence electrons. The first-order valence-electron chi connectivity index (χ1n) is 6.07. The van der Waals surface area contributed by atoms with Crippen molar-refractivity contribution >= 4 is 0 Å². The Morgan fingerprint density at radius 3 is 2.35 bits per heavy atom. The van der Waals surface area contributed by atoms with Crippen LogP contribution in [-0.2, 0) is 4.74 Å². The van der Waals surface area contributed by atoms with E-state index < -0.39 is 0 Å². The van der Waals surface area contributed by atoms with Crippen molar-refractivity contribution in [2.24, 2.45) is 0 Å². The van der Waals surface area contributed by atoms with Crippen molar-refractivity contribution < 1.29 is 9.47 Å². The molecule has 17 heavy (non-hydrogen) atoms. The molecule has 0 aliphatic rings. The lowest BCUT2D eigenvalue weighted by Gasteiger charge is -2.20. The highest BCUT2D eigenvalue weighted by molar-refractivity contribution is 5.26. The summed E-state index contributed by atoms with van der Waals surface area (Å²) in [5, 5.41) is 3.36. The van der Waals surface area contributed by atoms with Gasteiger partial charge in [-0.3, -0.25) is 0 Å². The molecule has 0 saturated carbocycles. The van der Waals surface area contributed by atoms with E-state index in [2.05, 4.69) is 38.2 Å². The molecule has 0 heterocycles. The Kier molecular flexibility index (Phi) is 6.01. The van der Waals surface area contributed by atoms with Gasteiger partial charge in [-0.2, -0.15) is 0 Å². The van der Waals surface area contributed by atoms with Gasteiger partial charge in [-0.25, -0.2) is 0 Å². The van der Waals surface area contributed by atoms with Crippen LogP contribution in [0.3, 0.4) is 0 Å². The number of methoxy groups -OCH3 is 1. The van der Waals surface area contributed by atoms with Gasteiger partial charge in [0.15, 0.2) is 0 Å². The van der Waals surface area contributed by atoms with E-state index in [4.69, 9.17) is 9.47 Å². The minimum atomic E-state index is 0.0464. The molecule has 0 spiro atoms. The molecule has 1 N–H and O–H groups in total. The fourth-order valence-corrected chi connectivity index (χ4v) is 1.50. The first-order valence-corrected chi connectivity index (χ1v) is 6.07. The average molecular weight is 237 g/mol. The van der Waals surface area contributed by atoms with Crippen molar-refractivity contribution in [2.75, 3.05) is 20.3 Å². The Morgan fingerprint density at radius 1 is 1.18 bits per heavy atom. The number of nitrogens with one attached hydrogen (secondary N) is 1. The van der Waals surface area contributed by atoms with Crippen LogP contribution in [0.4, 0.5) is 0 Å². The molecular formula is C14H23NO2.